The molecule has 1 aliphatic rings. The summed E-state index contributed by atoms with van der Waals surface area (Å²) in [6.07, 6.45) is 5.38. The molecule has 0 aliphatic carbocycles. The minimum absolute atomic E-state index is 0.158. The number of aromatic amines is 1. The minimum atomic E-state index is -3.14. The first kappa shape index (κ1) is 18.4. The summed E-state index contributed by atoms with van der Waals surface area (Å²) in [7, 11) is -3.14. The summed E-state index contributed by atoms with van der Waals surface area (Å²) >= 11 is 1.42. The van der Waals surface area contributed by atoms with E-state index in [1.807, 2.05) is 13.2 Å². The summed E-state index contributed by atoms with van der Waals surface area (Å²) in [6.45, 7) is 3.58. The molecule has 0 unspecified atom stereocenters. The summed E-state index contributed by atoms with van der Waals surface area (Å²) in [5.41, 5.74) is 1.16. The van der Waals surface area contributed by atoms with Gasteiger partial charge >= 0.3 is 5.69 Å². The zero-order valence-electron chi connectivity index (χ0n) is 14.7. The molecule has 0 radical (unpaired) electrons. The van der Waals surface area contributed by atoms with Gasteiger partial charge in [0, 0.05) is 25.6 Å². The first-order valence-electron chi connectivity index (χ1n) is 8.34. The summed E-state index contributed by atoms with van der Waals surface area (Å²) in [5, 5.41) is 0.652. The van der Waals surface area contributed by atoms with Crippen LogP contribution in [0.25, 0.3) is 11.2 Å². The average Bonchev–Trinajstić information content (AvgIpc) is 3.01. The number of rotatable bonds is 5. The number of sulfonamides is 1. The van der Waals surface area contributed by atoms with Crippen LogP contribution in [0, 0.1) is 0 Å². The van der Waals surface area contributed by atoms with E-state index in [4.69, 9.17) is 4.98 Å². The van der Waals surface area contributed by atoms with Gasteiger partial charge in [-0.2, -0.15) is 4.98 Å². The Labute approximate surface area is 151 Å². The van der Waals surface area contributed by atoms with Crippen molar-refractivity contribution in [3.63, 3.8) is 0 Å². The molecule has 0 spiro atoms. The highest BCUT2D eigenvalue weighted by Gasteiger charge is 2.28. The quantitative estimate of drug-likeness (QED) is 0.616. The number of piperidine rings is 1. The van der Waals surface area contributed by atoms with Crippen LogP contribution in [0.1, 0.15) is 37.9 Å². The number of aromatic nitrogens is 4. The third-order valence-electron chi connectivity index (χ3n) is 4.55. The lowest BCUT2D eigenvalue weighted by atomic mass is 9.98. The molecule has 0 atom stereocenters. The Balaban J connectivity index is 1.96. The van der Waals surface area contributed by atoms with Gasteiger partial charge in [0.15, 0.2) is 5.65 Å². The van der Waals surface area contributed by atoms with Crippen LogP contribution < -0.4 is 5.69 Å². The smallest absolute Gasteiger partial charge is 0.338 e. The van der Waals surface area contributed by atoms with Gasteiger partial charge in [0.1, 0.15) is 16.4 Å². The van der Waals surface area contributed by atoms with E-state index in [-0.39, 0.29) is 11.6 Å². The van der Waals surface area contributed by atoms with E-state index < -0.39 is 10.0 Å². The van der Waals surface area contributed by atoms with Crippen LogP contribution in [0.15, 0.2) is 9.82 Å². The first-order chi connectivity index (χ1) is 11.8. The third-order valence-corrected chi connectivity index (χ3v) is 6.54. The van der Waals surface area contributed by atoms with E-state index in [2.05, 4.69) is 9.97 Å². The molecule has 2 aromatic rings. The SMILES string of the molecule is CCCn1c(=O)nc(SC)c2[nH]c(C3CCN(S(C)(=O)=O)CC3)nc21. The number of imidazole rings is 1. The molecule has 1 saturated heterocycles. The van der Waals surface area contributed by atoms with Crippen molar-refractivity contribution in [3.8, 4) is 0 Å². The molecule has 1 aliphatic heterocycles. The Kier molecular flexibility index (Phi) is 5.21. The van der Waals surface area contributed by atoms with Crippen LogP contribution in [0.2, 0.25) is 0 Å². The summed E-state index contributed by atoms with van der Waals surface area (Å²) in [5.74, 6) is 0.973. The number of nitrogens with zero attached hydrogens (tertiary/aromatic N) is 4. The Hall–Kier alpha value is -1.39. The van der Waals surface area contributed by atoms with E-state index in [1.165, 1.54) is 22.3 Å². The van der Waals surface area contributed by atoms with Crippen molar-refractivity contribution in [2.45, 2.75) is 43.7 Å². The van der Waals surface area contributed by atoms with Gasteiger partial charge in [0.05, 0.1) is 6.26 Å². The van der Waals surface area contributed by atoms with Crippen molar-refractivity contribution >= 4 is 32.9 Å². The Morgan fingerprint density at radius 2 is 1.96 bits per heavy atom. The lowest BCUT2D eigenvalue weighted by molar-refractivity contribution is 0.316. The second-order valence-corrected chi connectivity index (χ2v) is 9.09. The molecule has 1 fully saturated rings. The Morgan fingerprint density at radius 3 is 2.52 bits per heavy atom. The lowest BCUT2D eigenvalue weighted by Crippen LogP contribution is -2.37. The molecule has 2 aromatic heterocycles. The predicted molar refractivity (Wildman–Crippen MR) is 98.6 cm³/mol. The van der Waals surface area contributed by atoms with Crippen molar-refractivity contribution in [1.82, 2.24) is 23.8 Å². The molecule has 0 saturated carbocycles. The molecule has 1 N–H and O–H groups in total. The number of nitrogens with one attached hydrogen (secondary N) is 1. The van der Waals surface area contributed by atoms with Crippen molar-refractivity contribution < 1.29 is 8.42 Å². The lowest BCUT2D eigenvalue weighted by Gasteiger charge is -2.29. The van der Waals surface area contributed by atoms with Gasteiger partial charge < -0.3 is 4.98 Å². The number of H-pyrrole nitrogens is 1. The Morgan fingerprint density at radius 1 is 1.28 bits per heavy atom. The molecule has 0 bridgehead atoms. The molecule has 10 heteroatoms. The largest absolute Gasteiger partial charge is 0.350 e. The van der Waals surface area contributed by atoms with E-state index in [1.54, 1.807) is 4.57 Å². The van der Waals surface area contributed by atoms with E-state index in [0.717, 1.165) is 17.8 Å². The third kappa shape index (κ3) is 3.61. The molecule has 0 amide bonds. The maximum atomic E-state index is 12.3. The van der Waals surface area contributed by atoms with Crippen molar-refractivity contribution in [1.29, 1.82) is 0 Å². The van der Waals surface area contributed by atoms with Crippen LogP contribution in [0.3, 0.4) is 0 Å². The highest BCUT2D eigenvalue weighted by Crippen LogP contribution is 2.30. The fourth-order valence-electron chi connectivity index (χ4n) is 3.25. The van der Waals surface area contributed by atoms with E-state index >= 15 is 0 Å². The molecule has 138 valence electrons. The van der Waals surface area contributed by atoms with E-state index in [0.29, 0.717) is 43.1 Å². The fraction of sp³-hybridized carbons (Fsp3) is 0.667. The highest BCUT2D eigenvalue weighted by molar-refractivity contribution is 7.98. The number of fused-ring (bicyclic) bond motifs is 1. The molecule has 3 heterocycles. The van der Waals surface area contributed by atoms with Gasteiger partial charge in [0.25, 0.3) is 0 Å². The molecule has 3 rings (SSSR count). The van der Waals surface area contributed by atoms with Crippen LogP contribution in [-0.4, -0.2) is 57.8 Å². The zero-order valence-corrected chi connectivity index (χ0v) is 16.3. The van der Waals surface area contributed by atoms with Crippen molar-refractivity contribution in [3.05, 3.63) is 16.3 Å². The average molecular weight is 386 g/mol. The van der Waals surface area contributed by atoms with Crippen LogP contribution in [-0.2, 0) is 16.6 Å². The number of hydrogen-bond donors (Lipinski definition) is 1. The molecule has 0 aromatic carbocycles. The second kappa shape index (κ2) is 7.08. The van der Waals surface area contributed by atoms with E-state index in [9.17, 15) is 13.2 Å². The molecule has 25 heavy (non-hydrogen) atoms. The first-order valence-corrected chi connectivity index (χ1v) is 11.4. The number of hydrogen-bond acceptors (Lipinski definition) is 6. The summed E-state index contributed by atoms with van der Waals surface area (Å²) in [4.78, 5) is 24.4. The van der Waals surface area contributed by atoms with Gasteiger partial charge in [-0.15, -0.1) is 11.8 Å². The second-order valence-electron chi connectivity index (χ2n) is 6.31. The predicted octanol–water partition coefficient (Wildman–Crippen LogP) is 1.39. The maximum Gasteiger partial charge on any atom is 0.350 e. The Bertz CT molecular complexity index is 927. The molecular weight excluding hydrogens is 362 g/mol. The monoisotopic (exact) mass is 385 g/mol. The van der Waals surface area contributed by atoms with Crippen LogP contribution in [0.5, 0.6) is 0 Å². The standard InChI is InChI=1S/C15H23N5O3S2/c1-4-7-20-13-11(14(24-2)18-15(20)21)16-12(17-13)10-5-8-19(9-6-10)25(3,22)23/h10H,4-9H2,1-3H3,(H,16,17). The van der Waals surface area contributed by atoms with Gasteiger partial charge in [0.2, 0.25) is 10.0 Å². The summed E-state index contributed by atoms with van der Waals surface area (Å²) < 4.78 is 26.4. The highest BCUT2D eigenvalue weighted by atomic mass is 32.2. The van der Waals surface area contributed by atoms with Gasteiger partial charge in [-0.1, -0.05) is 6.92 Å². The normalized spacial score (nSPS) is 17.4. The van der Waals surface area contributed by atoms with Gasteiger partial charge in [-0.25, -0.2) is 22.5 Å². The maximum absolute atomic E-state index is 12.3. The molecular formula is C15H23N5O3S2. The van der Waals surface area contributed by atoms with Crippen molar-refractivity contribution in [2.75, 3.05) is 25.6 Å². The topological polar surface area (TPSA) is 101 Å². The van der Waals surface area contributed by atoms with Gasteiger partial charge in [-0.05, 0) is 25.5 Å². The zero-order chi connectivity index (χ0) is 18.2. The number of thioether (sulfide) groups is 1. The number of aryl methyl sites for hydroxylation is 1. The van der Waals surface area contributed by atoms with Crippen LogP contribution in [0.4, 0.5) is 0 Å². The van der Waals surface area contributed by atoms with Gasteiger partial charge in [-0.3, -0.25) is 4.57 Å². The molecule has 8 nitrogen and oxygen atoms in total. The minimum Gasteiger partial charge on any atom is -0.338 e. The fourth-order valence-corrected chi connectivity index (χ4v) is 4.64. The van der Waals surface area contributed by atoms with Crippen molar-refractivity contribution in [2.24, 2.45) is 0 Å². The van der Waals surface area contributed by atoms with Crippen LogP contribution >= 0.6 is 11.8 Å². The summed E-state index contributed by atoms with van der Waals surface area (Å²) in [6, 6.07) is 0.